The van der Waals surface area contributed by atoms with E-state index in [1.54, 1.807) is 12.1 Å². The monoisotopic (exact) mass is 460 g/mol. The minimum atomic E-state index is -0.801. The van der Waals surface area contributed by atoms with Crippen LogP contribution in [0.1, 0.15) is 55.5 Å². The summed E-state index contributed by atoms with van der Waals surface area (Å²) in [5.74, 6) is -1.15. The Bertz CT molecular complexity index is 1070. The molecule has 2 rings (SSSR count). The zero-order valence-corrected chi connectivity index (χ0v) is 19.6. The summed E-state index contributed by atoms with van der Waals surface area (Å²) in [7, 11) is 1.44. The van der Waals surface area contributed by atoms with Crippen LogP contribution in [0, 0.1) is 0 Å². The number of esters is 1. The highest BCUT2D eigenvalue weighted by atomic mass is 16.5. The van der Waals surface area contributed by atoms with Crippen molar-refractivity contribution in [2.45, 2.75) is 46.1 Å². The first-order valence-corrected chi connectivity index (χ1v) is 10.9. The maximum Gasteiger partial charge on any atom is 0.338 e. The largest absolute Gasteiger partial charge is 0.452 e. The van der Waals surface area contributed by atoms with Crippen LogP contribution < -0.4 is 21.9 Å². The van der Waals surface area contributed by atoms with Gasteiger partial charge in [-0.15, -0.1) is 0 Å². The van der Waals surface area contributed by atoms with E-state index >= 15 is 0 Å². The van der Waals surface area contributed by atoms with Crippen LogP contribution in [-0.4, -0.2) is 48.3 Å². The van der Waals surface area contributed by atoms with E-state index in [0.29, 0.717) is 24.4 Å². The molecule has 0 atom stereocenters. The van der Waals surface area contributed by atoms with Gasteiger partial charge in [-0.1, -0.05) is 39.3 Å². The van der Waals surface area contributed by atoms with Crippen molar-refractivity contribution in [2.24, 2.45) is 0 Å². The van der Waals surface area contributed by atoms with E-state index in [9.17, 15) is 19.2 Å². The number of carbonyl (C=O) groups excluding carboxylic acids is 2. The van der Waals surface area contributed by atoms with Gasteiger partial charge in [-0.3, -0.25) is 24.0 Å². The molecule has 10 nitrogen and oxygen atoms in total. The molecule has 33 heavy (non-hydrogen) atoms. The smallest absolute Gasteiger partial charge is 0.338 e. The maximum absolute atomic E-state index is 12.9. The lowest BCUT2D eigenvalue weighted by Gasteiger charge is -2.24. The molecule has 0 spiro atoms. The summed E-state index contributed by atoms with van der Waals surface area (Å²) in [4.78, 5) is 53.4. The Labute approximate surface area is 192 Å². The zero-order chi connectivity index (χ0) is 24.5. The van der Waals surface area contributed by atoms with Crippen LogP contribution >= 0.6 is 0 Å². The van der Waals surface area contributed by atoms with Gasteiger partial charge in [0, 0.05) is 20.2 Å². The van der Waals surface area contributed by atoms with Crippen molar-refractivity contribution in [2.75, 3.05) is 37.5 Å². The fraction of sp³-hybridized carbons (Fsp3) is 0.478. The van der Waals surface area contributed by atoms with E-state index in [2.05, 4.69) is 4.98 Å². The number of nitrogen functional groups attached to an aromatic ring is 1. The lowest BCUT2D eigenvalue weighted by Crippen LogP contribution is -2.44. The van der Waals surface area contributed by atoms with Crippen molar-refractivity contribution < 1.29 is 19.1 Å². The van der Waals surface area contributed by atoms with Crippen molar-refractivity contribution >= 4 is 23.4 Å². The number of aromatic nitrogens is 2. The van der Waals surface area contributed by atoms with E-state index in [1.165, 1.54) is 11.7 Å². The number of rotatable bonds is 11. The molecule has 0 aliphatic carbocycles. The topological polar surface area (TPSA) is 137 Å². The fourth-order valence-electron chi connectivity index (χ4n) is 3.21. The van der Waals surface area contributed by atoms with E-state index in [-0.39, 0.29) is 24.7 Å². The van der Waals surface area contributed by atoms with Crippen molar-refractivity contribution in [3.8, 4) is 0 Å². The van der Waals surface area contributed by atoms with Gasteiger partial charge >= 0.3 is 11.7 Å². The van der Waals surface area contributed by atoms with Gasteiger partial charge < -0.3 is 15.2 Å². The molecule has 0 bridgehead atoms. The molecule has 0 saturated carbocycles. The van der Waals surface area contributed by atoms with Gasteiger partial charge in [0.25, 0.3) is 11.5 Å². The summed E-state index contributed by atoms with van der Waals surface area (Å²) in [6, 6.07) is 6.93. The Morgan fingerprint density at radius 3 is 2.42 bits per heavy atom. The van der Waals surface area contributed by atoms with Crippen molar-refractivity contribution in [3.05, 3.63) is 56.2 Å². The van der Waals surface area contributed by atoms with Crippen LogP contribution in [0.15, 0.2) is 33.9 Å². The first-order valence-electron chi connectivity index (χ1n) is 10.9. The van der Waals surface area contributed by atoms with Gasteiger partial charge in [0.1, 0.15) is 5.82 Å². The summed E-state index contributed by atoms with van der Waals surface area (Å²) in [5.41, 5.74) is 5.87. The Hall–Kier alpha value is -3.40. The highest BCUT2D eigenvalue weighted by Crippen LogP contribution is 2.18. The first kappa shape index (κ1) is 25.9. The number of aromatic amines is 1. The van der Waals surface area contributed by atoms with Crippen molar-refractivity contribution in [3.63, 3.8) is 0 Å². The van der Waals surface area contributed by atoms with Gasteiger partial charge in [-0.25, -0.2) is 9.59 Å². The number of nitrogens with zero attached hydrogens (tertiary/aromatic N) is 2. The van der Waals surface area contributed by atoms with Crippen molar-refractivity contribution in [1.29, 1.82) is 0 Å². The Kier molecular flexibility index (Phi) is 9.41. The third kappa shape index (κ3) is 6.55. The molecular weight excluding hydrogens is 428 g/mol. The number of hydrogen-bond acceptors (Lipinski definition) is 7. The van der Waals surface area contributed by atoms with E-state index < -0.39 is 29.7 Å². The molecule has 1 amide bonds. The van der Waals surface area contributed by atoms with E-state index in [4.69, 9.17) is 15.2 Å². The summed E-state index contributed by atoms with van der Waals surface area (Å²) in [5, 5.41) is 0. The number of methoxy groups -OCH3 is 1. The minimum absolute atomic E-state index is 0.0186. The molecule has 10 heteroatoms. The number of benzene rings is 1. The Balaban J connectivity index is 2.26. The number of amides is 1. The second-order valence-corrected chi connectivity index (χ2v) is 7.89. The van der Waals surface area contributed by atoms with Crippen LogP contribution in [-0.2, 0) is 20.8 Å². The first-order chi connectivity index (χ1) is 15.7. The predicted octanol–water partition coefficient (Wildman–Crippen LogP) is 1.88. The molecule has 0 radical (unpaired) electrons. The molecule has 3 N–H and O–H groups in total. The second-order valence-electron chi connectivity index (χ2n) is 7.89. The molecule has 0 unspecified atom stereocenters. The molecule has 1 aromatic heterocycles. The molecular formula is C23H32N4O6. The number of H-pyrrole nitrogens is 1. The van der Waals surface area contributed by atoms with Crippen molar-refractivity contribution in [1.82, 2.24) is 9.55 Å². The summed E-state index contributed by atoms with van der Waals surface area (Å²) >= 11 is 0. The molecule has 0 aliphatic rings. The molecule has 0 saturated heterocycles. The number of unbranched alkanes of at least 4 members (excludes halogenated alkanes) is 1. The van der Waals surface area contributed by atoms with Gasteiger partial charge in [0.15, 0.2) is 12.3 Å². The molecule has 0 aliphatic heterocycles. The average Bonchev–Trinajstić information content (AvgIpc) is 2.79. The number of ether oxygens (including phenoxy) is 2. The quantitative estimate of drug-likeness (QED) is 0.489. The number of anilines is 2. The predicted molar refractivity (Wildman–Crippen MR) is 126 cm³/mol. The summed E-state index contributed by atoms with van der Waals surface area (Å²) in [6.45, 7) is 5.80. The Morgan fingerprint density at radius 1 is 1.18 bits per heavy atom. The van der Waals surface area contributed by atoms with E-state index in [0.717, 1.165) is 16.9 Å². The molecule has 180 valence electrons. The molecule has 1 aromatic carbocycles. The maximum atomic E-state index is 12.9. The number of nitrogens with two attached hydrogens (primary N) is 1. The molecule has 1 heterocycles. The third-order valence-corrected chi connectivity index (χ3v) is 5.18. The van der Waals surface area contributed by atoms with Gasteiger partial charge in [-0.05, 0) is 30.0 Å². The Morgan fingerprint density at radius 2 is 1.85 bits per heavy atom. The number of hydrogen-bond donors (Lipinski definition) is 2. The lowest BCUT2D eigenvalue weighted by molar-refractivity contribution is -0.121. The SMILES string of the molecule is CCCCn1c(N)c(N(CCOC)C(=O)COC(=O)c2ccc(C(C)C)cc2)c(=O)[nH]c1=O. The highest BCUT2D eigenvalue weighted by molar-refractivity contribution is 5.98. The highest BCUT2D eigenvalue weighted by Gasteiger charge is 2.25. The van der Waals surface area contributed by atoms with Crippen LogP contribution in [0.5, 0.6) is 0 Å². The fourth-order valence-corrected chi connectivity index (χ4v) is 3.21. The third-order valence-electron chi connectivity index (χ3n) is 5.18. The lowest BCUT2D eigenvalue weighted by atomic mass is 10.0. The second kappa shape index (κ2) is 12.0. The van der Waals surface area contributed by atoms with Crippen LogP contribution in [0.4, 0.5) is 11.5 Å². The molecule has 0 fully saturated rings. The zero-order valence-electron chi connectivity index (χ0n) is 19.6. The van der Waals surface area contributed by atoms with Crippen LogP contribution in [0.2, 0.25) is 0 Å². The van der Waals surface area contributed by atoms with Crippen LogP contribution in [0.25, 0.3) is 0 Å². The normalized spacial score (nSPS) is 10.9. The number of nitrogens with one attached hydrogen (secondary N) is 1. The summed E-state index contributed by atoms with van der Waals surface area (Å²) in [6.07, 6.45) is 1.47. The van der Waals surface area contributed by atoms with Gasteiger partial charge in [-0.2, -0.15) is 0 Å². The molecule has 2 aromatic rings. The summed E-state index contributed by atoms with van der Waals surface area (Å²) < 4.78 is 11.4. The van der Waals surface area contributed by atoms with E-state index in [1.807, 2.05) is 32.9 Å². The van der Waals surface area contributed by atoms with Gasteiger partial charge in [0.05, 0.1) is 12.2 Å². The minimum Gasteiger partial charge on any atom is -0.452 e. The standard InChI is InChI=1S/C23H32N4O6/c1-5-6-11-27-20(24)19(21(29)25-23(27)31)26(12-13-32-4)18(28)14-33-22(30)17-9-7-16(8-10-17)15(2)3/h7-10,15H,5-6,11-14,24H2,1-4H3,(H,25,29,31). The van der Waals surface area contributed by atoms with Crippen LogP contribution in [0.3, 0.4) is 0 Å². The number of carbonyl (C=O) groups is 2. The van der Waals surface area contributed by atoms with Gasteiger partial charge in [0.2, 0.25) is 0 Å². The average molecular weight is 461 g/mol.